The molecule has 27 heavy (non-hydrogen) atoms. The van der Waals surface area contributed by atoms with Gasteiger partial charge in [-0.05, 0) is 57.6 Å². The number of nitrogens with one attached hydrogen (secondary N) is 1. The van der Waals surface area contributed by atoms with Gasteiger partial charge in [0, 0.05) is 6.04 Å². The van der Waals surface area contributed by atoms with Gasteiger partial charge in [-0.15, -0.1) is 0 Å². The Kier molecular flexibility index (Phi) is 6.03. The molecule has 0 atom stereocenters. The first-order valence-corrected chi connectivity index (χ1v) is 10.8. The molecule has 3 rings (SSSR count). The van der Waals surface area contributed by atoms with Crippen molar-refractivity contribution in [2.45, 2.75) is 63.5 Å². The summed E-state index contributed by atoms with van der Waals surface area (Å²) in [7, 11) is -3.55. The van der Waals surface area contributed by atoms with Crippen LogP contribution in [0.1, 0.15) is 42.4 Å². The van der Waals surface area contributed by atoms with E-state index < -0.39 is 10.0 Å². The van der Waals surface area contributed by atoms with Crippen molar-refractivity contribution in [3.8, 4) is 6.01 Å². The van der Waals surface area contributed by atoms with Gasteiger partial charge in [-0.25, -0.2) is 23.1 Å². The molecular weight excluding hydrogens is 386 g/mol. The third kappa shape index (κ3) is 4.97. The maximum Gasteiger partial charge on any atom is 0.316 e. The molecular formula is C19H24ClN3O3S. The number of aryl methyl sites for hydroxylation is 3. The predicted octanol–water partition coefficient (Wildman–Crippen LogP) is 3.72. The average molecular weight is 410 g/mol. The zero-order valence-corrected chi connectivity index (χ0v) is 17.3. The molecule has 0 saturated heterocycles. The minimum absolute atomic E-state index is 0.0187. The van der Waals surface area contributed by atoms with Crippen LogP contribution in [0.25, 0.3) is 0 Å². The van der Waals surface area contributed by atoms with Crippen LogP contribution in [0, 0.1) is 20.8 Å². The minimum Gasteiger partial charge on any atom is -0.460 e. The largest absolute Gasteiger partial charge is 0.460 e. The highest BCUT2D eigenvalue weighted by Crippen LogP contribution is 2.26. The lowest BCUT2D eigenvalue weighted by Gasteiger charge is -2.29. The molecule has 1 heterocycles. The summed E-state index contributed by atoms with van der Waals surface area (Å²) in [5, 5.41) is 0.460. The summed E-state index contributed by atoms with van der Waals surface area (Å²) in [6.45, 7) is 5.65. The summed E-state index contributed by atoms with van der Waals surface area (Å²) < 4.78 is 34.4. The molecule has 1 aromatic carbocycles. The smallest absolute Gasteiger partial charge is 0.316 e. The van der Waals surface area contributed by atoms with Gasteiger partial charge in [-0.1, -0.05) is 29.3 Å². The van der Waals surface area contributed by atoms with E-state index in [1.807, 2.05) is 32.9 Å². The van der Waals surface area contributed by atoms with Crippen molar-refractivity contribution in [3.05, 3.63) is 46.2 Å². The van der Waals surface area contributed by atoms with E-state index in [4.69, 9.17) is 16.3 Å². The number of sulfonamides is 1. The van der Waals surface area contributed by atoms with Crippen molar-refractivity contribution < 1.29 is 13.2 Å². The fraction of sp³-hybridized carbons (Fsp3) is 0.474. The van der Waals surface area contributed by atoms with Gasteiger partial charge in [0.05, 0.1) is 22.3 Å². The van der Waals surface area contributed by atoms with Crippen molar-refractivity contribution in [3.63, 3.8) is 0 Å². The van der Waals surface area contributed by atoms with Gasteiger partial charge < -0.3 is 4.74 Å². The molecule has 2 aromatic rings. The summed E-state index contributed by atoms with van der Waals surface area (Å²) in [4.78, 5) is 8.47. The first-order chi connectivity index (χ1) is 12.7. The van der Waals surface area contributed by atoms with E-state index in [0.717, 1.165) is 29.5 Å². The monoisotopic (exact) mass is 409 g/mol. The van der Waals surface area contributed by atoms with Gasteiger partial charge >= 0.3 is 6.01 Å². The van der Waals surface area contributed by atoms with E-state index in [1.165, 1.54) is 12.4 Å². The van der Waals surface area contributed by atoms with E-state index >= 15 is 0 Å². The standard InChI is InChI=1S/C19H24ClN3O3S/c1-12-8-13(2)18(14(3)9-12)27(24,25)23-16-4-6-17(7-5-16)26-19-21-10-15(20)11-22-19/h8-11,16-17,23H,4-7H2,1-3H3. The summed E-state index contributed by atoms with van der Waals surface area (Å²) in [5.74, 6) is 0. The van der Waals surface area contributed by atoms with Crippen LogP contribution in [0.3, 0.4) is 0 Å². The Balaban J connectivity index is 1.61. The fourth-order valence-corrected chi connectivity index (χ4v) is 5.53. The molecule has 0 spiro atoms. The zero-order valence-electron chi connectivity index (χ0n) is 15.7. The van der Waals surface area contributed by atoms with E-state index in [9.17, 15) is 8.42 Å². The van der Waals surface area contributed by atoms with Crippen LogP contribution < -0.4 is 9.46 Å². The van der Waals surface area contributed by atoms with Crippen LogP contribution in [-0.2, 0) is 10.0 Å². The number of aromatic nitrogens is 2. The molecule has 0 unspecified atom stereocenters. The molecule has 0 aliphatic heterocycles. The van der Waals surface area contributed by atoms with E-state index in [1.54, 1.807) is 0 Å². The van der Waals surface area contributed by atoms with Crippen molar-refractivity contribution in [1.29, 1.82) is 0 Å². The van der Waals surface area contributed by atoms with Gasteiger partial charge in [-0.3, -0.25) is 0 Å². The van der Waals surface area contributed by atoms with Crippen molar-refractivity contribution in [2.24, 2.45) is 0 Å². The van der Waals surface area contributed by atoms with Crippen LogP contribution in [0.2, 0.25) is 5.02 Å². The molecule has 1 fully saturated rings. The summed E-state index contributed by atoms with van der Waals surface area (Å²) >= 11 is 5.77. The highest BCUT2D eigenvalue weighted by atomic mass is 35.5. The average Bonchev–Trinajstić information content (AvgIpc) is 2.57. The van der Waals surface area contributed by atoms with Gasteiger partial charge in [0.25, 0.3) is 0 Å². The van der Waals surface area contributed by atoms with Crippen LogP contribution >= 0.6 is 11.6 Å². The molecule has 0 radical (unpaired) electrons. The molecule has 1 N–H and O–H groups in total. The molecule has 1 saturated carbocycles. The van der Waals surface area contributed by atoms with E-state index in [0.29, 0.717) is 28.8 Å². The second-order valence-corrected chi connectivity index (χ2v) is 9.21. The molecule has 0 bridgehead atoms. The number of rotatable bonds is 5. The lowest BCUT2D eigenvalue weighted by molar-refractivity contribution is 0.132. The number of halogens is 1. The number of benzene rings is 1. The number of hydrogen-bond acceptors (Lipinski definition) is 5. The second kappa shape index (κ2) is 8.12. The quantitative estimate of drug-likeness (QED) is 0.813. The number of hydrogen-bond donors (Lipinski definition) is 1. The van der Waals surface area contributed by atoms with Crippen LogP contribution in [-0.4, -0.2) is 30.5 Å². The molecule has 8 heteroatoms. The maximum absolute atomic E-state index is 12.9. The van der Waals surface area contributed by atoms with E-state index in [-0.39, 0.29) is 12.1 Å². The Morgan fingerprint density at radius 3 is 2.15 bits per heavy atom. The topological polar surface area (TPSA) is 81.2 Å². The fourth-order valence-electron chi connectivity index (χ4n) is 3.68. The molecule has 1 aromatic heterocycles. The lowest BCUT2D eigenvalue weighted by Crippen LogP contribution is -2.40. The van der Waals surface area contributed by atoms with Crippen molar-refractivity contribution in [1.82, 2.24) is 14.7 Å². The molecule has 1 aliphatic rings. The minimum atomic E-state index is -3.55. The zero-order chi connectivity index (χ0) is 19.6. The Hall–Kier alpha value is -1.70. The van der Waals surface area contributed by atoms with Gasteiger partial charge in [-0.2, -0.15) is 0 Å². The molecule has 0 amide bonds. The first kappa shape index (κ1) is 20.0. The van der Waals surface area contributed by atoms with Gasteiger partial charge in [0.1, 0.15) is 6.10 Å². The third-order valence-corrected chi connectivity index (χ3v) is 6.76. The van der Waals surface area contributed by atoms with Crippen molar-refractivity contribution >= 4 is 21.6 Å². The number of ether oxygens (including phenoxy) is 1. The van der Waals surface area contributed by atoms with Crippen LogP contribution in [0.5, 0.6) is 6.01 Å². The Labute approximate surface area is 165 Å². The molecule has 6 nitrogen and oxygen atoms in total. The van der Waals surface area contributed by atoms with Crippen LogP contribution in [0.15, 0.2) is 29.4 Å². The highest BCUT2D eigenvalue weighted by molar-refractivity contribution is 7.89. The van der Waals surface area contributed by atoms with E-state index in [2.05, 4.69) is 14.7 Å². The van der Waals surface area contributed by atoms with Crippen LogP contribution in [0.4, 0.5) is 0 Å². The normalized spacial score (nSPS) is 20.4. The summed E-state index contributed by atoms with van der Waals surface area (Å²) in [5.41, 5.74) is 2.61. The Bertz CT molecular complexity index is 885. The Morgan fingerprint density at radius 2 is 1.59 bits per heavy atom. The maximum atomic E-state index is 12.9. The number of nitrogens with zero attached hydrogens (tertiary/aromatic N) is 2. The van der Waals surface area contributed by atoms with Gasteiger partial charge in [0.15, 0.2) is 0 Å². The molecule has 1 aliphatic carbocycles. The second-order valence-electron chi connectivity index (χ2n) is 7.12. The lowest BCUT2D eigenvalue weighted by atomic mass is 9.94. The third-order valence-electron chi connectivity index (χ3n) is 4.74. The molecule has 146 valence electrons. The Morgan fingerprint density at radius 1 is 1.04 bits per heavy atom. The summed E-state index contributed by atoms with van der Waals surface area (Å²) in [6, 6.07) is 4.01. The summed E-state index contributed by atoms with van der Waals surface area (Å²) in [6.07, 6.45) is 5.87. The predicted molar refractivity (Wildman–Crippen MR) is 105 cm³/mol. The van der Waals surface area contributed by atoms with Crippen molar-refractivity contribution in [2.75, 3.05) is 0 Å². The van der Waals surface area contributed by atoms with Gasteiger partial charge in [0.2, 0.25) is 10.0 Å². The first-order valence-electron chi connectivity index (χ1n) is 8.99. The SMILES string of the molecule is Cc1cc(C)c(S(=O)(=O)NC2CCC(Oc3ncc(Cl)cn3)CC2)c(C)c1. The highest BCUT2D eigenvalue weighted by Gasteiger charge is 2.28.